The summed E-state index contributed by atoms with van der Waals surface area (Å²) in [4.78, 5) is 26.4. The van der Waals surface area contributed by atoms with E-state index in [4.69, 9.17) is 5.73 Å². The van der Waals surface area contributed by atoms with E-state index < -0.39 is 0 Å². The maximum atomic E-state index is 14.2. The molecule has 4 heterocycles. The number of aromatic nitrogens is 8. The van der Waals surface area contributed by atoms with Gasteiger partial charge in [-0.25, -0.2) is 19.3 Å². The first-order chi connectivity index (χ1) is 18.7. The van der Waals surface area contributed by atoms with Gasteiger partial charge in [-0.05, 0) is 49.2 Å². The Morgan fingerprint density at radius 3 is 2.56 bits per heavy atom. The van der Waals surface area contributed by atoms with E-state index in [9.17, 15) is 9.18 Å². The number of halogens is 1. The monoisotopic (exact) mass is 524 g/mol. The molecule has 3 N–H and O–H groups in total. The number of anilines is 2. The fourth-order valence-electron chi connectivity index (χ4n) is 4.97. The third-order valence-electron chi connectivity index (χ3n) is 6.76. The summed E-state index contributed by atoms with van der Waals surface area (Å²) in [6.45, 7) is 3.94. The third kappa shape index (κ3) is 4.06. The quantitative estimate of drug-likeness (QED) is 0.349. The largest absolute Gasteiger partial charge is 0.378 e. The Morgan fingerprint density at radius 1 is 1.08 bits per heavy atom. The molecule has 1 atom stereocenters. The molecule has 0 saturated heterocycles. The van der Waals surface area contributed by atoms with E-state index in [2.05, 4.69) is 30.6 Å². The number of aryl methyl sites for hydroxylation is 3. The van der Waals surface area contributed by atoms with Crippen LogP contribution in [-0.4, -0.2) is 38.9 Å². The second-order valence-electron chi connectivity index (χ2n) is 9.56. The van der Waals surface area contributed by atoms with Gasteiger partial charge >= 0.3 is 0 Å². The molecule has 0 saturated carbocycles. The van der Waals surface area contributed by atoms with E-state index in [1.54, 1.807) is 54.3 Å². The van der Waals surface area contributed by atoms with Crippen LogP contribution in [0.15, 0.2) is 60.0 Å². The molecule has 0 aliphatic heterocycles. The Morgan fingerprint density at radius 2 is 1.85 bits per heavy atom. The van der Waals surface area contributed by atoms with Crippen molar-refractivity contribution in [3.05, 3.63) is 82.5 Å². The number of nitrogen functional groups attached to an aromatic ring is 1. The summed E-state index contributed by atoms with van der Waals surface area (Å²) in [6, 6.07) is 8.14. The van der Waals surface area contributed by atoms with Gasteiger partial charge in [-0.1, -0.05) is 11.3 Å². The second-order valence-corrected chi connectivity index (χ2v) is 9.56. The standard InChI is InChI=1S/C27H25FN10O/c1-14-7-18(15(2)33-21-6-5-17(28)9-19(21)22-12-36(3)35-34-22)24-20(8-14)26(39)37(4)25-23(32-13-38(24)25)16-10-30-27(29)31-11-16/h5-13,15,33H,1-4H3,(H2,29,30,31). The van der Waals surface area contributed by atoms with E-state index in [-0.39, 0.29) is 23.4 Å². The lowest BCUT2D eigenvalue weighted by Crippen LogP contribution is -2.21. The average Bonchev–Trinajstić information content (AvgIpc) is 3.55. The molecule has 0 fully saturated rings. The fraction of sp³-hybridized carbons (Fsp3) is 0.185. The first kappa shape index (κ1) is 24.2. The van der Waals surface area contributed by atoms with Gasteiger partial charge in [0.05, 0.1) is 23.1 Å². The van der Waals surface area contributed by atoms with Crippen LogP contribution in [0.3, 0.4) is 0 Å². The molecular formula is C27H25FN10O. The van der Waals surface area contributed by atoms with Gasteiger partial charge in [-0.3, -0.25) is 18.4 Å². The lowest BCUT2D eigenvalue weighted by molar-refractivity contribution is 0.628. The highest BCUT2D eigenvalue weighted by Crippen LogP contribution is 2.34. The highest BCUT2D eigenvalue weighted by Gasteiger charge is 2.21. The van der Waals surface area contributed by atoms with Crippen LogP contribution in [0.5, 0.6) is 0 Å². The summed E-state index contributed by atoms with van der Waals surface area (Å²) in [6.07, 6.45) is 6.59. The predicted molar refractivity (Wildman–Crippen MR) is 147 cm³/mol. The molecule has 196 valence electrons. The van der Waals surface area contributed by atoms with Crippen LogP contribution < -0.4 is 16.6 Å². The van der Waals surface area contributed by atoms with Crippen molar-refractivity contribution in [3.63, 3.8) is 0 Å². The molecule has 39 heavy (non-hydrogen) atoms. The average molecular weight is 525 g/mol. The summed E-state index contributed by atoms with van der Waals surface area (Å²) >= 11 is 0. The molecule has 0 amide bonds. The minimum atomic E-state index is -0.377. The van der Waals surface area contributed by atoms with Gasteiger partial charge in [0.2, 0.25) is 5.95 Å². The number of imidazole rings is 1. The summed E-state index contributed by atoms with van der Waals surface area (Å²) in [5, 5.41) is 12.2. The predicted octanol–water partition coefficient (Wildman–Crippen LogP) is 3.64. The Labute approximate surface area is 221 Å². The second kappa shape index (κ2) is 9.01. The van der Waals surface area contributed by atoms with Crippen molar-refractivity contribution in [3.8, 4) is 22.5 Å². The molecule has 4 aromatic heterocycles. The fourth-order valence-corrected chi connectivity index (χ4v) is 4.97. The first-order valence-corrected chi connectivity index (χ1v) is 12.2. The SMILES string of the molecule is Cc1cc(C(C)Nc2ccc(F)cc2-c2cn(C)nn2)c2c(c1)c(=O)n(C)c1c(-c3cnc(N)nc3)ncn21. The van der Waals surface area contributed by atoms with Crippen LogP contribution in [0.25, 0.3) is 39.1 Å². The highest BCUT2D eigenvalue weighted by molar-refractivity contribution is 5.89. The normalized spacial score (nSPS) is 12.3. The van der Waals surface area contributed by atoms with Gasteiger partial charge in [-0.2, -0.15) is 0 Å². The van der Waals surface area contributed by atoms with E-state index >= 15 is 0 Å². The van der Waals surface area contributed by atoms with Crippen molar-refractivity contribution in [2.75, 3.05) is 11.1 Å². The number of nitrogens with two attached hydrogens (primary N) is 1. The maximum absolute atomic E-state index is 14.2. The molecule has 2 aromatic carbocycles. The Kier molecular flexibility index (Phi) is 5.60. The van der Waals surface area contributed by atoms with E-state index in [1.165, 1.54) is 12.1 Å². The van der Waals surface area contributed by atoms with Crippen LogP contribution in [0.1, 0.15) is 24.1 Å². The number of hydrogen-bond acceptors (Lipinski definition) is 8. The smallest absolute Gasteiger partial charge is 0.261 e. The zero-order valence-corrected chi connectivity index (χ0v) is 21.7. The number of nitrogens with one attached hydrogen (secondary N) is 1. The number of fused-ring (bicyclic) bond motifs is 3. The summed E-state index contributed by atoms with van der Waals surface area (Å²) < 4.78 is 19.3. The van der Waals surface area contributed by atoms with Crippen LogP contribution in [-0.2, 0) is 14.1 Å². The molecule has 0 spiro atoms. The molecule has 12 heteroatoms. The molecule has 1 unspecified atom stereocenters. The Bertz CT molecular complexity index is 1940. The van der Waals surface area contributed by atoms with Crippen molar-refractivity contribution in [2.24, 2.45) is 14.1 Å². The van der Waals surface area contributed by atoms with Gasteiger partial charge in [0.15, 0.2) is 0 Å². The molecule has 6 rings (SSSR count). The van der Waals surface area contributed by atoms with Gasteiger partial charge in [0.1, 0.15) is 29.2 Å². The molecule has 0 bridgehead atoms. The number of benzene rings is 2. The molecule has 6 aromatic rings. The van der Waals surface area contributed by atoms with E-state index in [1.807, 2.05) is 30.4 Å². The van der Waals surface area contributed by atoms with Crippen molar-refractivity contribution in [1.82, 2.24) is 38.9 Å². The van der Waals surface area contributed by atoms with Crippen LogP contribution in [0.2, 0.25) is 0 Å². The minimum Gasteiger partial charge on any atom is -0.378 e. The summed E-state index contributed by atoms with van der Waals surface area (Å²) in [5.41, 5.74) is 11.7. The molecule has 0 aliphatic rings. The van der Waals surface area contributed by atoms with Crippen LogP contribution >= 0.6 is 0 Å². The zero-order valence-electron chi connectivity index (χ0n) is 21.7. The number of nitrogens with zero attached hydrogens (tertiary/aromatic N) is 8. The van der Waals surface area contributed by atoms with Crippen molar-refractivity contribution in [2.45, 2.75) is 19.9 Å². The first-order valence-electron chi connectivity index (χ1n) is 12.2. The topological polar surface area (TPSA) is 134 Å². The summed E-state index contributed by atoms with van der Waals surface area (Å²) in [5.74, 6) is -0.224. The maximum Gasteiger partial charge on any atom is 0.261 e. The van der Waals surface area contributed by atoms with Gasteiger partial charge in [0.25, 0.3) is 5.56 Å². The van der Waals surface area contributed by atoms with Crippen LogP contribution in [0, 0.1) is 12.7 Å². The minimum absolute atomic E-state index is 0.154. The number of hydrogen-bond donors (Lipinski definition) is 2. The third-order valence-corrected chi connectivity index (χ3v) is 6.76. The van der Waals surface area contributed by atoms with Crippen molar-refractivity contribution >= 4 is 28.2 Å². The lowest BCUT2D eigenvalue weighted by atomic mass is 10.00. The Hall–Kier alpha value is -5.13. The van der Waals surface area contributed by atoms with Gasteiger partial charge in [0, 0.05) is 43.3 Å². The molecule has 11 nitrogen and oxygen atoms in total. The van der Waals surface area contributed by atoms with E-state index in [0.717, 1.165) is 16.6 Å². The molecular weight excluding hydrogens is 499 g/mol. The summed E-state index contributed by atoms with van der Waals surface area (Å²) in [7, 11) is 3.47. The highest BCUT2D eigenvalue weighted by atomic mass is 19.1. The van der Waals surface area contributed by atoms with E-state index in [0.29, 0.717) is 39.2 Å². The zero-order chi connectivity index (χ0) is 27.4. The Balaban J connectivity index is 1.54. The lowest BCUT2D eigenvalue weighted by Gasteiger charge is -2.21. The molecule has 0 aliphatic carbocycles. The van der Waals surface area contributed by atoms with Crippen molar-refractivity contribution < 1.29 is 4.39 Å². The van der Waals surface area contributed by atoms with Crippen LogP contribution in [0.4, 0.5) is 16.0 Å². The molecule has 0 radical (unpaired) electrons. The van der Waals surface area contributed by atoms with Crippen molar-refractivity contribution in [1.29, 1.82) is 0 Å². The van der Waals surface area contributed by atoms with Gasteiger partial charge in [-0.15, -0.1) is 5.10 Å². The van der Waals surface area contributed by atoms with Gasteiger partial charge < -0.3 is 11.1 Å². The number of rotatable bonds is 5.